The number of hydrogen-bond acceptors (Lipinski definition) is 6. The van der Waals surface area contributed by atoms with Crippen LogP contribution in [0.2, 0.25) is 0 Å². The molecule has 2 N–H and O–H groups in total. The Bertz CT molecular complexity index is 852. The molecule has 32 heavy (non-hydrogen) atoms. The summed E-state index contributed by atoms with van der Waals surface area (Å²) in [6.45, 7) is 9.58. The molecule has 2 aliphatic rings. The Labute approximate surface area is 189 Å². The van der Waals surface area contributed by atoms with Crippen molar-refractivity contribution in [3.05, 3.63) is 21.6 Å². The number of ether oxygens (including phenoxy) is 1. The molecule has 0 spiro atoms. The minimum absolute atomic E-state index is 0.0149. The maximum absolute atomic E-state index is 13.2. The van der Waals surface area contributed by atoms with E-state index in [0.717, 1.165) is 19.3 Å². The van der Waals surface area contributed by atoms with Gasteiger partial charge in [0.1, 0.15) is 5.54 Å². The van der Waals surface area contributed by atoms with Gasteiger partial charge in [0, 0.05) is 43.9 Å². The Morgan fingerprint density at radius 3 is 2.41 bits per heavy atom. The number of carbonyl (C=O) groups excluding carboxylic acids is 2. The number of nitrogens with one attached hydrogen (secondary N) is 2. The molecule has 2 amide bonds. The highest BCUT2D eigenvalue weighted by molar-refractivity contribution is 5.91. The highest BCUT2D eigenvalue weighted by Gasteiger charge is 2.42. The number of morpholine rings is 1. The van der Waals surface area contributed by atoms with E-state index >= 15 is 0 Å². The number of aromatic nitrogens is 2. The second-order valence-corrected chi connectivity index (χ2v) is 8.72. The third-order valence-electron chi connectivity index (χ3n) is 6.67. The predicted octanol–water partition coefficient (Wildman–Crippen LogP) is 1.54. The summed E-state index contributed by atoms with van der Waals surface area (Å²) in [5.41, 5.74) is 0.124. The number of carbonyl (C=O) groups is 2. The molecule has 9 heteroatoms. The minimum atomic E-state index is -0.818. The number of likely N-dealkylation sites (N-methyl/N-ethyl adjacent to an activating group) is 1. The van der Waals surface area contributed by atoms with E-state index in [1.165, 1.54) is 0 Å². The lowest BCUT2D eigenvalue weighted by atomic mass is 9.80. The Morgan fingerprint density at radius 1 is 1.16 bits per heavy atom. The molecule has 1 saturated heterocycles. The van der Waals surface area contributed by atoms with E-state index in [1.54, 1.807) is 11.8 Å². The summed E-state index contributed by atoms with van der Waals surface area (Å²) in [5.74, 6) is 0.375. The van der Waals surface area contributed by atoms with Crippen molar-refractivity contribution in [3.8, 4) is 0 Å². The number of H-pyrrole nitrogens is 1. The van der Waals surface area contributed by atoms with E-state index in [2.05, 4.69) is 15.3 Å². The first-order valence-electron chi connectivity index (χ1n) is 11.9. The average Bonchev–Trinajstić information content (AvgIpc) is 2.80. The average molecular weight is 448 g/mol. The third kappa shape index (κ3) is 5.49. The second-order valence-electron chi connectivity index (χ2n) is 8.72. The first-order chi connectivity index (χ1) is 15.4. The highest BCUT2D eigenvalue weighted by Crippen LogP contribution is 2.30. The first-order valence-corrected chi connectivity index (χ1v) is 11.9. The van der Waals surface area contributed by atoms with Crippen molar-refractivity contribution in [2.24, 2.45) is 0 Å². The summed E-state index contributed by atoms with van der Waals surface area (Å²) in [6, 6.07) is 0. The van der Waals surface area contributed by atoms with Crippen LogP contribution in [0.25, 0.3) is 0 Å². The van der Waals surface area contributed by atoms with Gasteiger partial charge < -0.3 is 19.9 Å². The maximum Gasteiger partial charge on any atom is 0.255 e. The minimum Gasteiger partial charge on any atom is -0.378 e. The number of anilines is 1. The largest absolute Gasteiger partial charge is 0.378 e. The van der Waals surface area contributed by atoms with Crippen LogP contribution in [-0.2, 0) is 20.7 Å². The van der Waals surface area contributed by atoms with Crippen molar-refractivity contribution in [1.82, 2.24) is 20.2 Å². The molecule has 2 heterocycles. The molecule has 1 aliphatic heterocycles. The van der Waals surface area contributed by atoms with Gasteiger partial charge in [0.05, 0.1) is 13.2 Å². The zero-order valence-corrected chi connectivity index (χ0v) is 19.7. The molecule has 1 aliphatic carbocycles. The summed E-state index contributed by atoms with van der Waals surface area (Å²) in [4.78, 5) is 50.0. The number of amides is 2. The van der Waals surface area contributed by atoms with Crippen molar-refractivity contribution in [2.45, 2.75) is 71.3 Å². The van der Waals surface area contributed by atoms with Gasteiger partial charge in [-0.3, -0.25) is 19.4 Å². The summed E-state index contributed by atoms with van der Waals surface area (Å²) in [7, 11) is 0. The molecule has 1 saturated carbocycles. The summed E-state index contributed by atoms with van der Waals surface area (Å²) in [5, 5.41) is 3.07. The van der Waals surface area contributed by atoms with Gasteiger partial charge in [-0.2, -0.15) is 0 Å². The van der Waals surface area contributed by atoms with E-state index in [-0.39, 0.29) is 23.8 Å². The molecule has 1 aromatic heterocycles. The Kier molecular flexibility index (Phi) is 8.28. The van der Waals surface area contributed by atoms with Crippen LogP contribution in [0.4, 0.5) is 5.95 Å². The molecule has 1 aromatic rings. The van der Waals surface area contributed by atoms with Crippen molar-refractivity contribution < 1.29 is 14.3 Å². The zero-order chi connectivity index (χ0) is 23.1. The standard InChI is InChI=1S/C23H37N5O4/c1-4-27(5-2)21(31)23(11-7-6-8-12-23)26-19(29)10-9-18-17(3)24-22(25-20(18)30)28-13-15-32-16-14-28/h4-16H2,1-3H3,(H,26,29)(H,24,25,30). The topological polar surface area (TPSA) is 108 Å². The lowest BCUT2D eigenvalue weighted by Crippen LogP contribution is -2.60. The fourth-order valence-electron chi connectivity index (χ4n) is 4.74. The molecule has 0 bridgehead atoms. The Balaban J connectivity index is 1.67. The van der Waals surface area contributed by atoms with Crippen LogP contribution in [0.3, 0.4) is 0 Å². The SMILES string of the molecule is CCN(CC)C(=O)C1(NC(=O)CCc2c(C)nc(N3CCOCC3)[nH]c2=O)CCCCC1. The predicted molar refractivity (Wildman–Crippen MR) is 123 cm³/mol. The monoisotopic (exact) mass is 447 g/mol. The fourth-order valence-corrected chi connectivity index (χ4v) is 4.74. The van der Waals surface area contributed by atoms with Crippen LogP contribution in [0.15, 0.2) is 4.79 Å². The van der Waals surface area contributed by atoms with Gasteiger partial charge in [-0.1, -0.05) is 19.3 Å². The van der Waals surface area contributed by atoms with Crippen LogP contribution in [0, 0.1) is 6.92 Å². The molecule has 178 valence electrons. The molecular weight excluding hydrogens is 410 g/mol. The molecule has 0 atom stereocenters. The summed E-state index contributed by atoms with van der Waals surface area (Å²) in [6.07, 6.45) is 4.72. The van der Waals surface area contributed by atoms with Crippen LogP contribution in [-0.4, -0.2) is 71.6 Å². The summed E-state index contributed by atoms with van der Waals surface area (Å²) >= 11 is 0. The smallest absolute Gasteiger partial charge is 0.255 e. The van der Waals surface area contributed by atoms with Crippen LogP contribution in [0.1, 0.15) is 63.6 Å². The van der Waals surface area contributed by atoms with Crippen molar-refractivity contribution in [2.75, 3.05) is 44.3 Å². The lowest BCUT2D eigenvalue weighted by molar-refractivity contribution is -0.143. The Hall–Kier alpha value is -2.42. The van der Waals surface area contributed by atoms with Crippen molar-refractivity contribution >= 4 is 17.8 Å². The molecule has 0 aromatic carbocycles. The second kappa shape index (κ2) is 10.9. The quantitative estimate of drug-likeness (QED) is 0.626. The van der Waals surface area contributed by atoms with Crippen LogP contribution >= 0.6 is 0 Å². The van der Waals surface area contributed by atoms with Gasteiger partial charge in [0.25, 0.3) is 5.56 Å². The maximum atomic E-state index is 13.2. The van der Waals surface area contributed by atoms with Gasteiger partial charge in [0.2, 0.25) is 17.8 Å². The van der Waals surface area contributed by atoms with Crippen LogP contribution < -0.4 is 15.8 Å². The summed E-state index contributed by atoms with van der Waals surface area (Å²) < 4.78 is 5.35. The first kappa shape index (κ1) is 24.2. The molecular formula is C23H37N5O4. The van der Waals surface area contributed by atoms with Gasteiger partial charge >= 0.3 is 0 Å². The number of hydrogen-bond donors (Lipinski definition) is 2. The lowest BCUT2D eigenvalue weighted by Gasteiger charge is -2.40. The van der Waals surface area contributed by atoms with E-state index in [1.807, 2.05) is 18.7 Å². The van der Waals surface area contributed by atoms with Gasteiger partial charge in [-0.25, -0.2) is 4.98 Å². The normalized spacial score (nSPS) is 18.3. The number of aromatic amines is 1. The van der Waals surface area contributed by atoms with E-state index in [9.17, 15) is 14.4 Å². The molecule has 2 fully saturated rings. The van der Waals surface area contributed by atoms with Crippen LogP contribution in [0.5, 0.6) is 0 Å². The van der Waals surface area contributed by atoms with E-state index in [4.69, 9.17) is 4.74 Å². The van der Waals surface area contributed by atoms with Gasteiger partial charge in [-0.15, -0.1) is 0 Å². The fraction of sp³-hybridized carbons (Fsp3) is 0.739. The van der Waals surface area contributed by atoms with Gasteiger partial charge in [0.15, 0.2) is 0 Å². The molecule has 0 radical (unpaired) electrons. The van der Waals surface area contributed by atoms with E-state index in [0.29, 0.717) is 75.9 Å². The zero-order valence-electron chi connectivity index (χ0n) is 19.7. The van der Waals surface area contributed by atoms with Crippen molar-refractivity contribution in [1.29, 1.82) is 0 Å². The number of aryl methyl sites for hydroxylation is 1. The Morgan fingerprint density at radius 2 is 1.81 bits per heavy atom. The molecule has 9 nitrogen and oxygen atoms in total. The van der Waals surface area contributed by atoms with Crippen molar-refractivity contribution in [3.63, 3.8) is 0 Å². The highest BCUT2D eigenvalue weighted by atomic mass is 16.5. The molecule has 3 rings (SSSR count). The third-order valence-corrected chi connectivity index (χ3v) is 6.67. The van der Waals surface area contributed by atoms with E-state index < -0.39 is 5.54 Å². The number of rotatable bonds is 8. The van der Waals surface area contributed by atoms with Gasteiger partial charge in [-0.05, 0) is 40.0 Å². The number of nitrogens with zero attached hydrogens (tertiary/aromatic N) is 3. The molecule has 0 unspecified atom stereocenters.